The molecule has 0 amide bonds. The Hall–Kier alpha value is -1.65. The maximum Gasteiger partial charge on any atom is 0.279 e. The molecule has 1 aromatic heterocycles. The SMILES string of the molecule is COc1cc([N+](=O)[O-])c(C)cn1. The fourth-order valence-electron chi connectivity index (χ4n) is 0.803. The molecule has 12 heavy (non-hydrogen) atoms. The Morgan fingerprint density at radius 1 is 1.67 bits per heavy atom. The molecule has 0 spiro atoms. The first kappa shape index (κ1) is 8.45. The molecule has 1 aromatic rings. The minimum atomic E-state index is -0.459. The number of pyridine rings is 1. The first-order valence-electron chi connectivity index (χ1n) is 3.30. The van der Waals surface area contributed by atoms with Gasteiger partial charge in [0.25, 0.3) is 5.69 Å². The molecule has 0 aliphatic heterocycles. The summed E-state index contributed by atoms with van der Waals surface area (Å²) in [5.41, 5.74) is 0.558. The molecule has 0 radical (unpaired) electrons. The van der Waals surface area contributed by atoms with Gasteiger partial charge in [-0.25, -0.2) is 4.98 Å². The van der Waals surface area contributed by atoms with Gasteiger partial charge < -0.3 is 4.74 Å². The molecular weight excluding hydrogens is 160 g/mol. The van der Waals surface area contributed by atoms with Crippen LogP contribution in [0.3, 0.4) is 0 Å². The van der Waals surface area contributed by atoms with Gasteiger partial charge in [0.1, 0.15) is 0 Å². The fraction of sp³-hybridized carbons (Fsp3) is 0.286. The van der Waals surface area contributed by atoms with Crippen molar-refractivity contribution < 1.29 is 9.66 Å². The summed E-state index contributed by atoms with van der Waals surface area (Å²) < 4.78 is 4.74. The Morgan fingerprint density at radius 2 is 2.33 bits per heavy atom. The molecule has 5 heteroatoms. The van der Waals surface area contributed by atoms with E-state index in [1.54, 1.807) is 6.92 Å². The smallest absolute Gasteiger partial charge is 0.279 e. The first-order chi connectivity index (χ1) is 5.65. The van der Waals surface area contributed by atoms with Gasteiger partial charge in [-0.1, -0.05) is 0 Å². The number of methoxy groups -OCH3 is 1. The molecule has 0 aromatic carbocycles. The van der Waals surface area contributed by atoms with E-state index in [2.05, 4.69) is 4.98 Å². The Balaban J connectivity index is 3.17. The van der Waals surface area contributed by atoms with Crippen molar-refractivity contribution in [1.29, 1.82) is 0 Å². The molecule has 0 fully saturated rings. The van der Waals surface area contributed by atoms with E-state index in [-0.39, 0.29) is 11.6 Å². The van der Waals surface area contributed by atoms with Crippen LogP contribution in [0.15, 0.2) is 12.3 Å². The lowest BCUT2D eigenvalue weighted by atomic mass is 10.3. The number of aryl methyl sites for hydroxylation is 1. The molecule has 0 unspecified atom stereocenters. The molecule has 1 heterocycles. The predicted octanol–water partition coefficient (Wildman–Crippen LogP) is 1.31. The molecular formula is C7H8N2O3. The van der Waals surface area contributed by atoms with Gasteiger partial charge in [-0.3, -0.25) is 10.1 Å². The lowest BCUT2D eigenvalue weighted by molar-refractivity contribution is -0.385. The summed E-state index contributed by atoms with van der Waals surface area (Å²) in [4.78, 5) is 13.8. The summed E-state index contributed by atoms with van der Waals surface area (Å²) in [6.45, 7) is 1.63. The number of hydrogen-bond acceptors (Lipinski definition) is 4. The summed E-state index contributed by atoms with van der Waals surface area (Å²) in [5, 5.41) is 10.4. The summed E-state index contributed by atoms with van der Waals surface area (Å²) in [6.07, 6.45) is 1.41. The van der Waals surface area contributed by atoms with Crippen LogP contribution in [-0.2, 0) is 0 Å². The Kier molecular flexibility index (Phi) is 2.23. The Bertz CT molecular complexity index is 312. The number of hydrogen-bond donors (Lipinski definition) is 0. The van der Waals surface area contributed by atoms with Crippen LogP contribution in [0.4, 0.5) is 5.69 Å². The zero-order chi connectivity index (χ0) is 9.14. The van der Waals surface area contributed by atoms with Crippen molar-refractivity contribution in [3.8, 4) is 5.88 Å². The van der Waals surface area contributed by atoms with E-state index in [0.29, 0.717) is 5.56 Å². The van der Waals surface area contributed by atoms with Crippen LogP contribution in [0.5, 0.6) is 5.88 Å². The molecule has 0 atom stereocenters. The molecule has 5 nitrogen and oxygen atoms in total. The predicted molar refractivity (Wildman–Crippen MR) is 42.2 cm³/mol. The first-order valence-corrected chi connectivity index (χ1v) is 3.30. The number of aromatic nitrogens is 1. The summed E-state index contributed by atoms with van der Waals surface area (Å²) in [7, 11) is 1.42. The average molecular weight is 168 g/mol. The molecule has 0 N–H and O–H groups in total. The minimum Gasteiger partial charge on any atom is -0.481 e. The van der Waals surface area contributed by atoms with Gasteiger partial charge in [-0.2, -0.15) is 0 Å². The fourth-order valence-corrected chi connectivity index (χ4v) is 0.803. The Labute approximate surface area is 69.1 Å². The highest BCUT2D eigenvalue weighted by Crippen LogP contribution is 2.20. The van der Waals surface area contributed by atoms with E-state index in [0.717, 1.165) is 0 Å². The molecule has 0 saturated carbocycles. The van der Waals surface area contributed by atoms with Gasteiger partial charge in [0.15, 0.2) is 0 Å². The topological polar surface area (TPSA) is 65.3 Å². The standard InChI is InChI=1S/C7H8N2O3/c1-5-4-8-7(12-2)3-6(5)9(10)11/h3-4H,1-2H3. The van der Waals surface area contributed by atoms with Crippen LogP contribution in [-0.4, -0.2) is 17.0 Å². The van der Waals surface area contributed by atoms with E-state index < -0.39 is 4.92 Å². The van der Waals surface area contributed by atoms with E-state index in [4.69, 9.17) is 4.74 Å². The zero-order valence-corrected chi connectivity index (χ0v) is 6.77. The maximum atomic E-state index is 10.4. The lowest BCUT2D eigenvalue weighted by Crippen LogP contribution is -1.94. The van der Waals surface area contributed by atoms with Crippen LogP contribution in [0.1, 0.15) is 5.56 Å². The molecule has 1 rings (SSSR count). The van der Waals surface area contributed by atoms with Gasteiger partial charge in [0, 0.05) is 11.8 Å². The zero-order valence-electron chi connectivity index (χ0n) is 6.77. The normalized spacial score (nSPS) is 9.50. The van der Waals surface area contributed by atoms with Crippen molar-refractivity contribution in [2.24, 2.45) is 0 Å². The molecule has 64 valence electrons. The summed E-state index contributed by atoms with van der Waals surface area (Å²) in [5.74, 6) is 0.257. The van der Waals surface area contributed by atoms with Crippen LogP contribution < -0.4 is 4.74 Å². The number of rotatable bonds is 2. The van der Waals surface area contributed by atoms with Crippen LogP contribution in [0.25, 0.3) is 0 Å². The highest BCUT2D eigenvalue weighted by molar-refractivity contribution is 5.40. The third-order valence-corrected chi connectivity index (χ3v) is 1.46. The van der Waals surface area contributed by atoms with E-state index in [9.17, 15) is 10.1 Å². The number of nitro groups is 1. The second-order valence-electron chi connectivity index (χ2n) is 2.27. The average Bonchev–Trinajstić information content (AvgIpc) is 2.05. The maximum absolute atomic E-state index is 10.4. The van der Waals surface area contributed by atoms with Crippen molar-refractivity contribution in [3.63, 3.8) is 0 Å². The van der Waals surface area contributed by atoms with Gasteiger partial charge in [-0.05, 0) is 6.92 Å². The van der Waals surface area contributed by atoms with Gasteiger partial charge in [0.05, 0.1) is 18.1 Å². The lowest BCUT2D eigenvalue weighted by Gasteiger charge is -1.99. The second-order valence-corrected chi connectivity index (χ2v) is 2.27. The second kappa shape index (κ2) is 3.17. The highest BCUT2D eigenvalue weighted by atomic mass is 16.6. The quantitative estimate of drug-likeness (QED) is 0.493. The molecule has 0 saturated heterocycles. The molecule has 0 aliphatic carbocycles. The van der Waals surface area contributed by atoms with Crippen molar-refractivity contribution >= 4 is 5.69 Å². The highest BCUT2D eigenvalue weighted by Gasteiger charge is 2.11. The van der Waals surface area contributed by atoms with Crippen LogP contribution in [0, 0.1) is 17.0 Å². The monoisotopic (exact) mass is 168 g/mol. The van der Waals surface area contributed by atoms with Crippen LogP contribution >= 0.6 is 0 Å². The van der Waals surface area contributed by atoms with E-state index in [1.165, 1.54) is 19.4 Å². The largest absolute Gasteiger partial charge is 0.481 e. The van der Waals surface area contributed by atoms with Gasteiger partial charge in [0.2, 0.25) is 5.88 Å². The van der Waals surface area contributed by atoms with E-state index in [1.807, 2.05) is 0 Å². The van der Waals surface area contributed by atoms with Crippen molar-refractivity contribution in [3.05, 3.63) is 27.9 Å². The minimum absolute atomic E-state index is 0.0295. The van der Waals surface area contributed by atoms with Gasteiger partial charge >= 0.3 is 0 Å². The van der Waals surface area contributed by atoms with Crippen molar-refractivity contribution in [1.82, 2.24) is 4.98 Å². The van der Waals surface area contributed by atoms with E-state index >= 15 is 0 Å². The van der Waals surface area contributed by atoms with Gasteiger partial charge in [-0.15, -0.1) is 0 Å². The Morgan fingerprint density at radius 3 is 2.83 bits per heavy atom. The number of nitrogens with zero attached hydrogens (tertiary/aromatic N) is 2. The summed E-state index contributed by atoms with van der Waals surface area (Å²) in [6, 6.07) is 1.30. The van der Waals surface area contributed by atoms with Crippen molar-refractivity contribution in [2.45, 2.75) is 6.92 Å². The molecule has 0 aliphatic rings. The number of ether oxygens (including phenoxy) is 1. The van der Waals surface area contributed by atoms with Crippen molar-refractivity contribution in [2.75, 3.05) is 7.11 Å². The summed E-state index contributed by atoms with van der Waals surface area (Å²) >= 11 is 0. The third kappa shape index (κ3) is 1.50. The third-order valence-electron chi connectivity index (χ3n) is 1.46. The van der Waals surface area contributed by atoms with Crippen LogP contribution in [0.2, 0.25) is 0 Å². The molecule has 0 bridgehead atoms.